The first-order valence-electron chi connectivity index (χ1n) is 7.87. The van der Waals surface area contributed by atoms with Crippen LogP contribution in [0.1, 0.15) is 36.8 Å². The van der Waals surface area contributed by atoms with Gasteiger partial charge in [0.05, 0.1) is 12.0 Å². The zero-order valence-corrected chi connectivity index (χ0v) is 13.9. The number of alkyl halides is 3. The van der Waals surface area contributed by atoms with Crippen LogP contribution >= 0.6 is 0 Å². The average Bonchev–Trinajstić information content (AvgIpc) is 2.80. The Bertz CT molecular complexity index is 779. The van der Waals surface area contributed by atoms with Crippen LogP contribution < -0.4 is 0 Å². The Morgan fingerprint density at radius 2 is 1.80 bits per heavy atom. The first kappa shape index (κ1) is 18.2. The molecule has 1 aromatic rings. The molecule has 138 valence electrons. The number of carbonyl (C=O) groups is 1. The minimum Gasteiger partial charge on any atom is -0.481 e. The largest absolute Gasteiger partial charge is 0.523 e. The molecule has 25 heavy (non-hydrogen) atoms. The van der Waals surface area contributed by atoms with Crippen molar-refractivity contribution in [3.8, 4) is 0 Å². The number of aliphatic carboxylic acids is 1. The first-order valence-corrected chi connectivity index (χ1v) is 9.28. The number of fused-ring (bicyclic) bond motifs is 2. The summed E-state index contributed by atoms with van der Waals surface area (Å²) in [5.74, 6) is -1.51. The molecule has 9 heteroatoms. The van der Waals surface area contributed by atoms with E-state index in [1.54, 1.807) is 24.3 Å². The predicted molar refractivity (Wildman–Crippen MR) is 81.3 cm³/mol. The van der Waals surface area contributed by atoms with Crippen LogP contribution in [0.2, 0.25) is 0 Å². The maximum absolute atomic E-state index is 12.7. The first-order chi connectivity index (χ1) is 11.6. The van der Waals surface area contributed by atoms with Gasteiger partial charge in [0.2, 0.25) is 0 Å². The van der Waals surface area contributed by atoms with Gasteiger partial charge in [0.1, 0.15) is 0 Å². The number of halogens is 3. The molecule has 1 fully saturated rings. The smallest absolute Gasteiger partial charge is 0.481 e. The van der Waals surface area contributed by atoms with Crippen LogP contribution in [-0.2, 0) is 30.9 Å². The van der Waals surface area contributed by atoms with Crippen LogP contribution in [0.4, 0.5) is 13.2 Å². The molecule has 1 atom stereocenters. The summed E-state index contributed by atoms with van der Waals surface area (Å²) < 4.78 is 65.9. The van der Waals surface area contributed by atoms with Gasteiger partial charge in [-0.05, 0) is 36.8 Å². The topological polar surface area (TPSA) is 80.7 Å². The summed E-state index contributed by atoms with van der Waals surface area (Å²) in [5, 5.41) is 9.15. The molecule has 1 spiro atoms. The van der Waals surface area contributed by atoms with E-state index in [0.29, 0.717) is 0 Å². The summed E-state index contributed by atoms with van der Waals surface area (Å²) in [6.07, 6.45) is -0.0156. The molecule has 0 saturated heterocycles. The third-order valence-electron chi connectivity index (χ3n) is 5.33. The molecule has 0 bridgehead atoms. The van der Waals surface area contributed by atoms with Crippen molar-refractivity contribution in [2.24, 2.45) is 5.92 Å². The molecule has 0 amide bonds. The van der Waals surface area contributed by atoms with Gasteiger partial charge in [-0.15, -0.1) is 0 Å². The van der Waals surface area contributed by atoms with Gasteiger partial charge in [-0.25, -0.2) is 0 Å². The SMILES string of the molecule is O=C(O)C1CCC2(CC1)c1ccccc1CC2OS(=O)(=O)C(F)(F)F. The average molecular weight is 378 g/mol. The summed E-state index contributed by atoms with van der Waals surface area (Å²) in [5.41, 5.74) is -4.87. The van der Waals surface area contributed by atoms with E-state index in [4.69, 9.17) is 5.11 Å². The van der Waals surface area contributed by atoms with Crippen molar-refractivity contribution in [3.63, 3.8) is 0 Å². The normalized spacial score (nSPS) is 29.6. The molecule has 0 radical (unpaired) electrons. The maximum atomic E-state index is 12.7. The van der Waals surface area contributed by atoms with Gasteiger partial charge in [0.15, 0.2) is 0 Å². The van der Waals surface area contributed by atoms with Gasteiger partial charge in [-0.3, -0.25) is 8.98 Å². The number of hydrogen-bond acceptors (Lipinski definition) is 4. The van der Waals surface area contributed by atoms with Crippen molar-refractivity contribution in [2.75, 3.05) is 0 Å². The molecule has 1 N–H and O–H groups in total. The van der Waals surface area contributed by atoms with E-state index in [2.05, 4.69) is 4.18 Å². The second kappa shape index (κ2) is 5.98. The van der Waals surface area contributed by atoms with Gasteiger partial charge >= 0.3 is 21.6 Å². The van der Waals surface area contributed by atoms with Crippen LogP contribution in [0.3, 0.4) is 0 Å². The van der Waals surface area contributed by atoms with Crippen LogP contribution in [0, 0.1) is 5.92 Å². The molecule has 0 aromatic heterocycles. The molecule has 1 unspecified atom stereocenters. The van der Waals surface area contributed by atoms with Crippen LogP contribution in [0.25, 0.3) is 0 Å². The van der Waals surface area contributed by atoms with E-state index in [1.165, 1.54) is 0 Å². The van der Waals surface area contributed by atoms with Gasteiger partial charge < -0.3 is 5.11 Å². The highest BCUT2D eigenvalue weighted by molar-refractivity contribution is 7.87. The Morgan fingerprint density at radius 1 is 1.20 bits per heavy atom. The quantitative estimate of drug-likeness (QED) is 0.646. The molecule has 0 aliphatic heterocycles. The van der Waals surface area contributed by atoms with Crippen LogP contribution in [0.15, 0.2) is 24.3 Å². The molecule has 2 aliphatic carbocycles. The zero-order chi connectivity index (χ0) is 18.5. The second-order valence-corrected chi connectivity index (χ2v) is 8.18. The Balaban J connectivity index is 1.95. The number of rotatable bonds is 3. The molecule has 1 saturated carbocycles. The van der Waals surface area contributed by atoms with E-state index >= 15 is 0 Å². The highest BCUT2D eigenvalue weighted by Crippen LogP contribution is 2.52. The highest BCUT2D eigenvalue weighted by atomic mass is 32.2. The summed E-state index contributed by atoms with van der Waals surface area (Å²) >= 11 is 0. The number of benzene rings is 1. The fourth-order valence-corrected chi connectivity index (χ4v) is 4.72. The predicted octanol–water partition coefficient (Wildman–Crippen LogP) is 2.99. The third-order valence-corrected chi connectivity index (χ3v) is 6.38. The van der Waals surface area contributed by atoms with Crippen molar-refractivity contribution >= 4 is 16.1 Å². The fourth-order valence-electron chi connectivity index (χ4n) is 4.06. The van der Waals surface area contributed by atoms with Crippen molar-refractivity contribution in [3.05, 3.63) is 35.4 Å². The lowest BCUT2D eigenvalue weighted by Crippen LogP contribution is -2.45. The Hall–Kier alpha value is -1.61. The lowest BCUT2D eigenvalue weighted by atomic mass is 9.66. The Morgan fingerprint density at radius 3 is 2.36 bits per heavy atom. The van der Waals surface area contributed by atoms with Crippen LogP contribution in [0.5, 0.6) is 0 Å². The second-order valence-electron chi connectivity index (χ2n) is 6.61. The Labute approximate surface area is 142 Å². The highest BCUT2D eigenvalue weighted by Gasteiger charge is 2.56. The lowest BCUT2D eigenvalue weighted by molar-refractivity contribution is -0.143. The zero-order valence-electron chi connectivity index (χ0n) is 13.1. The fraction of sp³-hybridized carbons (Fsp3) is 0.562. The number of carboxylic acids is 1. The molecule has 0 heterocycles. The van der Waals surface area contributed by atoms with Crippen molar-refractivity contribution < 1.29 is 35.7 Å². The molecule has 2 aliphatic rings. The van der Waals surface area contributed by atoms with Gasteiger partial charge in [0, 0.05) is 11.8 Å². The minimum absolute atomic E-state index is 0.0588. The maximum Gasteiger partial charge on any atom is 0.523 e. The molecule has 3 rings (SSSR count). The van der Waals surface area contributed by atoms with Gasteiger partial charge in [-0.1, -0.05) is 24.3 Å². The molecular formula is C16H17F3O5S. The summed E-state index contributed by atoms with van der Waals surface area (Å²) in [6.45, 7) is 0. The third kappa shape index (κ3) is 3.03. The van der Waals surface area contributed by atoms with E-state index in [9.17, 15) is 26.4 Å². The number of hydrogen-bond donors (Lipinski definition) is 1. The van der Waals surface area contributed by atoms with Crippen molar-refractivity contribution in [2.45, 2.75) is 49.1 Å². The molecule has 5 nitrogen and oxygen atoms in total. The van der Waals surface area contributed by atoms with E-state index in [-0.39, 0.29) is 32.1 Å². The van der Waals surface area contributed by atoms with Gasteiger partial charge in [0.25, 0.3) is 0 Å². The van der Waals surface area contributed by atoms with Crippen LogP contribution in [-0.4, -0.2) is 31.1 Å². The Kier molecular flexibility index (Phi) is 4.35. The van der Waals surface area contributed by atoms with E-state index in [1.807, 2.05) is 0 Å². The van der Waals surface area contributed by atoms with E-state index in [0.717, 1.165) is 11.1 Å². The monoisotopic (exact) mass is 378 g/mol. The van der Waals surface area contributed by atoms with Crippen molar-refractivity contribution in [1.29, 1.82) is 0 Å². The summed E-state index contributed by atoms with van der Waals surface area (Å²) in [6, 6.07) is 6.98. The number of carboxylic acid groups (broad SMARTS) is 1. The lowest BCUT2D eigenvalue weighted by Gasteiger charge is -2.40. The van der Waals surface area contributed by atoms with E-state index < -0.39 is 39.0 Å². The summed E-state index contributed by atoms with van der Waals surface area (Å²) in [7, 11) is -5.72. The molecule has 1 aromatic carbocycles. The van der Waals surface area contributed by atoms with Gasteiger partial charge in [-0.2, -0.15) is 21.6 Å². The van der Waals surface area contributed by atoms with Crippen molar-refractivity contribution in [1.82, 2.24) is 0 Å². The molecular weight excluding hydrogens is 361 g/mol. The minimum atomic E-state index is -5.72. The summed E-state index contributed by atoms with van der Waals surface area (Å²) in [4.78, 5) is 11.2. The standard InChI is InChI=1S/C16H17F3O5S/c17-16(18,19)25(22,23)24-13-9-11-3-1-2-4-12(11)15(13)7-5-10(6-8-15)14(20)21/h1-4,10,13H,5-9H2,(H,20,21).